The second-order valence-electron chi connectivity index (χ2n) is 16.5. The average molecular weight is 731 g/mol. The van der Waals surface area contributed by atoms with Crippen LogP contribution in [0.2, 0.25) is 0 Å². The highest BCUT2D eigenvalue weighted by Gasteiger charge is 2.52. The first-order valence-electron chi connectivity index (χ1n) is 19.9. The molecule has 0 amide bonds. The molecule has 5 heteroatoms. The van der Waals surface area contributed by atoms with Gasteiger partial charge in [0.1, 0.15) is 22.3 Å². The molecule has 268 valence electrons. The molecule has 0 radical (unpaired) electrons. The van der Waals surface area contributed by atoms with Gasteiger partial charge in [-0.15, -0.1) is 0 Å². The molecule has 0 saturated carbocycles. The van der Waals surface area contributed by atoms with Crippen molar-refractivity contribution >= 4 is 90.1 Å². The lowest BCUT2D eigenvalue weighted by Crippen LogP contribution is -2.63. The summed E-state index contributed by atoms with van der Waals surface area (Å²) in [5.41, 5.74) is 20.3. The number of fused-ring (bicyclic) bond motifs is 14. The summed E-state index contributed by atoms with van der Waals surface area (Å²) in [4.78, 5) is 5.15. The zero-order valence-electron chi connectivity index (χ0n) is 31.8. The second-order valence-corrected chi connectivity index (χ2v) is 16.5. The summed E-state index contributed by atoms with van der Waals surface area (Å²) < 4.78 is 14.0. The van der Waals surface area contributed by atoms with Crippen LogP contribution < -0.4 is 20.6 Å². The molecule has 0 bridgehead atoms. The molecule has 0 atom stereocenters. The van der Waals surface area contributed by atoms with Gasteiger partial charge in [-0.2, -0.15) is 0 Å². The summed E-state index contributed by atoms with van der Waals surface area (Å²) in [5.74, 6) is 0. The van der Waals surface area contributed by atoms with Gasteiger partial charge in [-0.05, 0) is 77.1 Å². The van der Waals surface area contributed by atoms with Crippen LogP contribution >= 0.6 is 0 Å². The van der Waals surface area contributed by atoms with E-state index in [4.69, 9.17) is 8.83 Å². The number of nitrogens with zero attached hydrogens (tertiary/aromatic N) is 2. The number of hydrogen-bond donors (Lipinski definition) is 0. The maximum Gasteiger partial charge on any atom is 0.337 e. The Balaban J connectivity index is 1.27. The second kappa shape index (κ2) is 10.9. The summed E-state index contributed by atoms with van der Waals surface area (Å²) in [6, 6.07) is 57.6. The zero-order valence-corrected chi connectivity index (χ0v) is 31.8. The molecule has 0 spiro atoms. The third-order valence-corrected chi connectivity index (χ3v) is 13.1. The van der Waals surface area contributed by atoms with Crippen molar-refractivity contribution in [3.63, 3.8) is 0 Å². The highest BCUT2D eigenvalue weighted by Crippen LogP contribution is 2.58. The van der Waals surface area contributed by atoms with E-state index in [0.29, 0.717) is 0 Å². The predicted octanol–water partition coefficient (Wildman–Crippen LogP) is 12.8. The van der Waals surface area contributed by atoms with Gasteiger partial charge < -0.3 is 18.5 Å². The summed E-state index contributed by atoms with van der Waals surface area (Å²) in [7, 11) is 0. The fourth-order valence-corrected chi connectivity index (χ4v) is 10.6. The Morgan fingerprint density at radius 3 is 2.09 bits per heavy atom. The van der Waals surface area contributed by atoms with Gasteiger partial charge in [0.15, 0.2) is 0 Å². The lowest BCUT2D eigenvalue weighted by molar-refractivity contribution is 0.634. The van der Waals surface area contributed by atoms with Gasteiger partial charge in [-0.3, -0.25) is 0 Å². The van der Waals surface area contributed by atoms with E-state index in [1.807, 2.05) is 0 Å². The minimum Gasteiger partial charge on any atom is -0.456 e. The molecule has 0 saturated heterocycles. The van der Waals surface area contributed by atoms with Crippen molar-refractivity contribution < 1.29 is 8.83 Å². The zero-order chi connectivity index (χ0) is 37.7. The molecule has 3 aliphatic rings. The predicted molar refractivity (Wildman–Crippen MR) is 237 cm³/mol. The van der Waals surface area contributed by atoms with Crippen molar-refractivity contribution in [2.45, 2.75) is 26.2 Å². The number of furan rings is 2. The van der Waals surface area contributed by atoms with Crippen molar-refractivity contribution in [1.29, 1.82) is 0 Å². The Morgan fingerprint density at radius 2 is 1.23 bits per heavy atom. The molecule has 10 aromatic rings. The lowest BCUT2D eigenvalue weighted by Gasteiger charge is -2.51. The maximum atomic E-state index is 7.11. The van der Waals surface area contributed by atoms with Crippen molar-refractivity contribution in [2.75, 3.05) is 9.71 Å². The van der Waals surface area contributed by atoms with Crippen molar-refractivity contribution in [3.05, 3.63) is 174 Å². The van der Waals surface area contributed by atoms with Crippen LogP contribution in [0.4, 0.5) is 28.4 Å². The van der Waals surface area contributed by atoms with Gasteiger partial charge in [0.25, 0.3) is 0 Å². The molecule has 5 heterocycles. The SMILES string of the molecule is Cc1ccc(N2c3cc4oc5ccccc5c4c4c3B(c3c2ccc2c3oc3ccccc32)N2c3ccccc3C(C)(C)c3cccc-4c32)c(-c2ccccc2)c1. The third-order valence-electron chi connectivity index (χ3n) is 13.1. The average Bonchev–Trinajstić information content (AvgIpc) is 3.82. The molecule has 57 heavy (non-hydrogen) atoms. The lowest BCUT2D eigenvalue weighted by atomic mass is 9.42. The van der Waals surface area contributed by atoms with E-state index in [0.717, 1.165) is 60.9 Å². The Hall–Kier alpha value is -6.98. The van der Waals surface area contributed by atoms with Gasteiger partial charge in [-0.25, -0.2) is 0 Å². The Bertz CT molecular complexity index is 3370. The molecule has 2 aromatic heterocycles. The van der Waals surface area contributed by atoms with E-state index in [1.54, 1.807) is 0 Å². The van der Waals surface area contributed by atoms with Crippen molar-refractivity contribution in [2.24, 2.45) is 0 Å². The number of anilines is 5. The number of rotatable bonds is 2. The summed E-state index contributed by atoms with van der Waals surface area (Å²) in [6.45, 7) is 6.73. The normalized spacial score (nSPS) is 14.6. The monoisotopic (exact) mass is 730 g/mol. The van der Waals surface area contributed by atoms with Crippen LogP contribution in [0.25, 0.3) is 66.1 Å². The Morgan fingerprint density at radius 1 is 0.509 bits per heavy atom. The van der Waals surface area contributed by atoms with E-state index in [1.165, 1.54) is 61.2 Å². The topological polar surface area (TPSA) is 32.8 Å². The van der Waals surface area contributed by atoms with Crippen LogP contribution in [0.15, 0.2) is 167 Å². The van der Waals surface area contributed by atoms with Crippen LogP contribution in [0.3, 0.4) is 0 Å². The molecular weight excluding hydrogens is 695 g/mol. The van der Waals surface area contributed by atoms with E-state index >= 15 is 0 Å². The number of para-hydroxylation sites is 4. The van der Waals surface area contributed by atoms with Gasteiger partial charge >= 0.3 is 6.85 Å². The molecule has 13 rings (SSSR count). The third kappa shape index (κ3) is 3.93. The molecule has 0 fully saturated rings. The quantitative estimate of drug-likeness (QED) is 0.166. The van der Waals surface area contributed by atoms with Gasteiger partial charge in [0, 0.05) is 72.4 Å². The van der Waals surface area contributed by atoms with Gasteiger partial charge in [0.2, 0.25) is 0 Å². The van der Waals surface area contributed by atoms with E-state index < -0.39 is 0 Å². The first-order valence-corrected chi connectivity index (χ1v) is 19.9. The number of hydrogen-bond acceptors (Lipinski definition) is 4. The number of benzene rings is 8. The highest BCUT2D eigenvalue weighted by atomic mass is 16.3. The van der Waals surface area contributed by atoms with E-state index in [9.17, 15) is 0 Å². The van der Waals surface area contributed by atoms with Crippen LogP contribution in [0, 0.1) is 6.92 Å². The molecular formula is C52H35BN2O2. The smallest absolute Gasteiger partial charge is 0.337 e. The van der Waals surface area contributed by atoms with Gasteiger partial charge in [-0.1, -0.05) is 129 Å². The minimum absolute atomic E-state index is 0.208. The van der Waals surface area contributed by atoms with Crippen LogP contribution in [0.1, 0.15) is 30.5 Å². The van der Waals surface area contributed by atoms with E-state index in [2.05, 4.69) is 188 Å². The van der Waals surface area contributed by atoms with Crippen LogP contribution in [0.5, 0.6) is 0 Å². The van der Waals surface area contributed by atoms with Crippen LogP contribution in [-0.2, 0) is 5.41 Å². The number of aryl methyl sites for hydroxylation is 1. The summed E-state index contributed by atoms with van der Waals surface area (Å²) in [6.07, 6.45) is 0. The molecule has 0 unspecified atom stereocenters. The first-order chi connectivity index (χ1) is 28.0. The summed E-state index contributed by atoms with van der Waals surface area (Å²) >= 11 is 0. The summed E-state index contributed by atoms with van der Waals surface area (Å²) in [5, 5.41) is 4.54. The molecule has 4 nitrogen and oxygen atoms in total. The largest absolute Gasteiger partial charge is 0.456 e. The fraction of sp³-hybridized carbons (Fsp3) is 0.0769. The molecule has 0 N–H and O–H groups in total. The standard InChI is InChI=1S/C52H35BN2O2/c1-30-24-26-39(36(28-30)31-14-5-4-6-15-31)54-41-27-25-33-32-16-7-11-22-43(32)57-51(33)49(41)53-48-42(54)29-45-46(34-17-8-12-23-44(34)56-45)47(48)35-18-13-20-38-50(35)55(53)40-21-10-9-19-37(40)52(38,2)3/h4-29H,1-3H3. The molecule has 8 aromatic carbocycles. The maximum absolute atomic E-state index is 7.11. The van der Waals surface area contributed by atoms with Gasteiger partial charge in [0.05, 0.1) is 5.69 Å². The minimum atomic E-state index is -0.230. The van der Waals surface area contributed by atoms with E-state index in [-0.39, 0.29) is 12.3 Å². The molecule has 0 aliphatic carbocycles. The Labute approximate surface area is 330 Å². The highest BCUT2D eigenvalue weighted by molar-refractivity contribution is 6.95. The first kappa shape index (κ1) is 31.3. The fourth-order valence-electron chi connectivity index (χ4n) is 10.6. The van der Waals surface area contributed by atoms with Crippen molar-refractivity contribution in [3.8, 4) is 22.3 Å². The Kier molecular flexibility index (Phi) is 5.96. The molecule has 3 aliphatic heterocycles. The van der Waals surface area contributed by atoms with Crippen LogP contribution in [-0.4, -0.2) is 6.85 Å². The van der Waals surface area contributed by atoms with Crippen molar-refractivity contribution in [1.82, 2.24) is 0 Å².